The Kier molecular flexibility index (Phi) is 4.40. The number of aromatic amines is 1. The van der Waals surface area contributed by atoms with E-state index in [-0.39, 0.29) is 5.91 Å². The van der Waals surface area contributed by atoms with Gasteiger partial charge in [-0.15, -0.1) is 0 Å². The number of amides is 1. The number of aromatic nitrogens is 2. The zero-order chi connectivity index (χ0) is 14.5. The molecular weight excluding hydrogens is 254 g/mol. The molecular formula is C15H19N3O2. The lowest BCUT2D eigenvalue weighted by atomic mass is 10.2. The van der Waals surface area contributed by atoms with E-state index in [9.17, 15) is 4.79 Å². The van der Waals surface area contributed by atoms with E-state index in [4.69, 9.17) is 4.74 Å². The molecule has 0 fully saturated rings. The number of nitrogens with one attached hydrogen (secondary N) is 2. The van der Waals surface area contributed by atoms with E-state index in [1.165, 1.54) is 0 Å². The Morgan fingerprint density at radius 1 is 1.35 bits per heavy atom. The van der Waals surface area contributed by atoms with E-state index < -0.39 is 0 Å². The van der Waals surface area contributed by atoms with E-state index in [1.54, 1.807) is 0 Å². The number of nitrogens with zero attached hydrogens (tertiary/aromatic N) is 1. The molecule has 0 spiro atoms. The maximum Gasteiger partial charge on any atom is 0.255 e. The van der Waals surface area contributed by atoms with Crippen LogP contribution in [0, 0.1) is 20.8 Å². The van der Waals surface area contributed by atoms with Crippen molar-refractivity contribution in [1.82, 2.24) is 15.5 Å². The van der Waals surface area contributed by atoms with E-state index in [1.807, 2.05) is 45.0 Å². The van der Waals surface area contributed by atoms with Crippen molar-refractivity contribution in [3.05, 3.63) is 46.8 Å². The highest BCUT2D eigenvalue weighted by Gasteiger charge is 2.14. The van der Waals surface area contributed by atoms with Crippen LogP contribution >= 0.6 is 0 Å². The molecule has 106 valence electrons. The average molecular weight is 273 g/mol. The quantitative estimate of drug-likeness (QED) is 0.820. The summed E-state index contributed by atoms with van der Waals surface area (Å²) in [5, 5.41) is 9.63. The van der Waals surface area contributed by atoms with Gasteiger partial charge < -0.3 is 10.1 Å². The second-order valence-electron chi connectivity index (χ2n) is 4.73. The van der Waals surface area contributed by atoms with Crippen molar-refractivity contribution in [3.8, 4) is 5.75 Å². The number of ether oxygens (including phenoxy) is 1. The lowest BCUT2D eigenvalue weighted by molar-refractivity contribution is 0.0946. The van der Waals surface area contributed by atoms with Gasteiger partial charge in [-0.2, -0.15) is 5.10 Å². The van der Waals surface area contributed by atoms with Gasteiger partial charge in [0.2, 0.25) is 0 Å². The minimum absolute atomic E-state index is 0.124. The molecule has 0 saturated heterocycles. The standard InChI is InChI=1S/C15H19N3O2/c1-10-5-4-6-13(9-10)20-8-7-16-15(19)14-11(2)17-18-12(14)3/h4-6,9H,7-8H2,1-3H3,(H,16,19)(H,17,18). The molecule has 1 amide bonds. The minimum atomic E-state index is -0.124. The largest absolute Gasteiger partial charge is 0.492 e. The van der Waals surface area contributed by atoms with E-state index in [2.05, 4.69) is 15.5 Å². The molecule has 2 aromatic rings. The number of rotatable bonds is 5. The fourth-order valence-corrected chi connectivity index (χ4v) is 2.01. The normalized spacial score (nSPS) is 10.3. The van der Waals surface area contributed by atoms with Gasteiger partial charge >= 0.3 is 0 Å². The molecule has 0 bridgehead atoms. The number of carbonyl (C=O) groups excluding carboxylic acids is 1. The number of aryl methyl sites for hydroxylation is 3. The van der Waals surface area contributed by atoms with Crippen LogP contribution in [0.15, 0.2) is 24.3 Å². The lowest BCUT2D eigenvalue weighted by Crippen LogP contribution is -2.28. The molecule has 0 aliphatic rings. The third-order valence-electron chi connectivity index (χ3n) is 3.00. The molecule has 1 aromatic heterocycles. The molecule has 2 rings (SSSR count). The Bertz CT molecular complexity index is 585. The number of H-pyrrole nitrogens is 1. The maximum atomic E-state index is 12.0. The fraction of sp³-hybridized carbons (Fsp3) is 0.333. The first kappa shape index (κ1) is 14.1. The van der Waals surface area contributed by atoms with E-state index in [0.29, 0.717) is 24.4 Å². The third kappa shape index (κ3) is 3.38. The third-order valence-corrected chi connectivity index (χ3v) is 3.00. The monoisotopic (exact) mass is 273 g/mol. The fourth-order valence-electron chi connectivity index (χ4n) is 2.01. The zero-order valence-corrected chi connectivity index (χ0v) is 12.0. The topological polar surface area (TPSA) is 67.0 Å². The summed E-state index contributed by atoms with van der Waals surface area (Å²) in [4.78, 5) is 12.0. The van der Waals surface area contributed by atoms with Crippen LogP contribution < -0.4 is 10.1 Å². The SMILES string of the molecule is Cc1cccc(OCCNC(=O)c2c(C)n[nH]c2C)c1. The summed E-state index contributed by atoms with van der Waals surface area (Å²) in [6.45, 7) is 6.54. The van der Waals surface area contributed by atoms with Crippen molar-refractivity contribution in [2.45, 2.75) is 20.8 Å². The average Bonchev–Trinajstić information content (AvgIpc) is 2.74. The Labute approximate surface area is 118 Å². The van der Waals surface area contributed by atoms with Crippen LogP contribution in [-0.4, -0.2) is 29.3 Å². The van der Waals surface area contributed by atoms with Crippen LogP contribution in [0.25, 0.3) is 0 Å². The highest BCUT2D eigenvalue weighted by molar-refractivity contribution is 5.96. The van der Waals surface area contributed by atoms with Crippen LogP contribution in [0.3, 0.4) is 0 Å². The second kappa shape index (κ2) is 6.23. The van der Waals surface area contributed by atoms with Gasteiger partial charge in [-0.05, 0) is 38.5 Å². The number of carbonyl (C=O) groups is 1. The van der Waals surface area contributed by atoms with E-state index in [0.717, 1.165) is 17.0 Å². The Morgan fingerprint density at radius 3 is 2.80 bits per heavy atom. The van der Waals surface area contributed by atoms with Gasteiger partial charge in [0.25, 0.3) is 5.91 Å². The molecule has 1 heterocycles. The summed E-state index contributed by atoms with van der Waals surface area (Å²) in [6.07, 6.45) is 0. The molecule has 20 heavy (non-hydrogen) atoms. The summed E-state index contributed by atoms with van der Waals surface area (Å²) in [5.74, 6) is 0.691. The van der Waals surface area contributed by atoms with Gasteiger partial charge in [0.1, 0.15) is 12.4 Å². The van der Waals surface area contributed by atoms with Crippen LogP contribution in [-0.2, 0) is 0 Å². The Balaban J connectivity index is 1.80. The molecule has 0 unspecified atom stereocenters. The van der Waals surface area contributed by atoms with Crippen molar-refractivity contribution in [2.75, 3.05) is 13.2 Å². The number of benzene rings is 1. The maximum absolute atomic E-state index is 12.0. The molecule has 0 radical (unpaired) electrons. The number of hydrogen-bond donors (Lipinski definition) is 2. The van der Waals surface area contributed by atoms with Crippen molar-refractivity contribution in [2.24, 2.45) is 0 Å². The van der Waals surface area contributed by atoms with Gasteiger partial charge in [-0.25, -0.2) is 0 Å². The zero-order valence-electron chi connectivity index (χ0n) is 12.0. The molecule has 0 aliphatic heterocycles. The van der Waals surface area contributed by atoms with Gasteiger partial charge in [0, 0.05) is 5.69 Å². The van der Waals surface area contributed by atoms with Gasteiger partial charge in [-0.1, -0.05) is 12.1 Å². The predicted octanol–water partition coefficient (Wildman–Crippen LogP) is 2.14. The second-order valence-corrected chi connectivity index (χ2v) is 4.73. The first-order valence-corrected chi connectivity index (χ1v) is 6.57. The highest BCUT2D eigenvalue weighted by atomic mass is 16.5. The molecule has 2 N–H and O–H groups in total. The Morgan fingerprint density at radius 2 is 2.15 bits per heavy atom. The first-order valence-electron chi connectivity index (χ1n) is 6.57. The number of hydrogen-bond acceptors (Lipinski definition) is 3. The summed E-state index contributed by atoms with van der Waals surface area (Å²) in [5.41, 5.74) is 3.25. The van der Waals surface area contributed by atoms with Crippen LogP contribution in [0.5, 0.6) is 5.75 Å². The molecule has 0 aliphatic carbocycles. The molecule has 0 saturated carbocycles. The van der Waals surface area contributed by atoms with Crippen LogP contribution in [0.2, 0.25) is 0 Å². The summed E-state index contributed by atoms with van der Waals surface area (Å²) in [6, 6.07) is 7.83. The molecule has 0 atom stereocenters. The minimum Gasteiger partial charge on any atom is -0.492 e. The predicted molar refractivity (Wildman–Crippen MR) is 77.1 cm³/mol. The van der Waals surface area contributed by atoms with Crippen molar-refractivity contribution in [3.63, 3.8) is 0 Å². The van der Waals surface area contributed by atoms with Crippen LogP contribution in [0.4, 0.5) is 0 Å². The molecule has 1 aromatic carbocycles. The van der Waals surface area contributed by atoms with Crippen LogP contribution in [0.1, 0.15) is 27.3 Å². The Hall–Kier alpha value is -2.30. The van der Waals surface area contributed by atoms with Gasteiger partial charge in [0.15, 0.2) is 0 Å². The smallest absolute Gasteiger partial charge is 0.255 e. The van der Waals surface area contributed by atoms with Crippen molar-refractivity contribution in [1.29, 1.82) is 0 Å². The molecule has 5 nitrogen and oxygen atoms in total. The van der Waals surface area contributed by atoms with Gasteiger partial charge in [0.05, 0.1) is 17.8 Å². The van der Waals surface area contributed by atoms with Gasteiger partial charge in [-0.3, -0.25) is 9.89 Å². The first-order chi connectivity index (χ1) is 9.58. The summed E-state index contributed by atoms with van der Waals surface area (Å²) in [7, 11) is 0. The van der Waals surface area contributed by atoms with Crippen molar-refractivity contribution < 1.29 is 9.53 Å². The van der Waals surface area contributed by atoms with Crippen molar-refractivity contribution >= 4 is 5.91 Å². The van der Waals surface area contributed by atoms with E-state index >= 15 is 0 Å². The highest BCUT2D eigenvalue weighted by Crippen LogP contribution is 2.12. The summed E-state index contributed by atoms with van der Waals surface area (Å²) < 4.78 is 5.58. The molecule has 5 heteroatoms. The summed E-state index contributed by atoms with van der Waals surface area (Å²) >= 11 is 0. The lowest BCUT2D eigenvalue weighted by Gasteiger charge is -2.08.